The molecule has 0 unspecified atom stereocenters. The molecule has 0 spiro atoms. The van der Waals surface area contributed by atoms with E-state index in [1.165, 1.54) is 4.68 Å². The maximum Gasteiger partial charge on any atom is 0.179 e. The smallest absolute Gasteiger partial charge is 0.179 e. The van der Waals surface area contributed by atoms with Crippen LogP contribution in [-0.2, 0) is 11.2 Å². The topological polar surface area (TPSA) is 108 Å². The lowest BCUT2D eigenvalue weighted by molar-refractivity contribution is -0.253. The van der Waals surface area contributed by atoms with Gasteiger partial charge in [0.1, 0.15) is 24.4 Å². The SMILES string of the molecule is OC[C@H]1O[C@@H](n2cc(Cc3ccccc3)cn2)[C@H](O)[C@@H](O)[C@@H]1O. The molecule has 1 aliphatic rings. The Morgan fingerprint density at radius 2 is 1.74 bits per heavy atom. The molecule has 0 amide bonds. The fourth-order valence-corrected chi connectivity index (χ4v) is 2.74. The van der Waals surface area contributed by atoms with Gasteiger partial charge in [-0.05, 0) is 11.1 Å². The molecule has 0 aliphatic carbocycles. The van der Waals surface area contributed by atoms with Gasteiger partial charge in [0.15, 0.2) is 6.23 Å². The number of aromatic nitrogens is 2. The zero-order chi connectivity index (χ0) is 16.4. The third kappa shape index (κ3) is 3.29. The van der Waals surface area contributed by atoms with Crippen molar-refractivity contribution in [3.8, 4) is 0 Å². The van der Waals surface area contributed by atoms with Crippen molar-refractivity contribution in [1.29, 1.82) is 0 Å². The fraction of sp³-hybridized carbons (Fsp3) is 0.438. The van der Waals surface area contributed by atoms with Gasteiger partial charge in [0.25, 0.3) is 0 Å². The first-order valence-corrected chi connectivity index (χ1v) is 7.47. The Labute approximate surface area is 133 Å². The summed E-state index contributed by atoms with van der Waals surface area (Å²) in [5, 5.41) is 43.1. The largest absolute Gasteiger partial charge is 0.394 e. The van der Waals surface area contributed by atoms with E-state index < -0.39 is 37.3 Å². The van der Waals surface area contributed by atoms with Gasteiger partial charge >= 0.3 is 0 Å². The minimum Gasteiger partial charge on any atom is -0.394 e. The first-order valence-electron chi connectivity index (χ1n) is 7.47. The van der Waals surface area contributed by atoms with Crippen LogP contribution in [-0.4, -0.2) is 61.2 Å². The second-order valence-corrected chi connectivity index (χ2v) is 5.71. The first kappa shape index (κ1) is 16.1. The van der Waals surface area contributed by atoms with Gasteiger partial charge in [0.2, 0.25) is 0 Å². The van der Waals surface area contributed by atoms with E-state index in [1.54, 1.807) is 12.4 Å². The summed E-state index contributed by atoms with van der Waals surface area (Å²) in [4.78, 5) is 0. The van der Waals surface area contributed by atoms with Crippen LogP contribution < -0.4 is 0 Å². The molecule has 2 aromatic rings. The lowest BCUT2D eigenvalue weighted by atomic mass is 9.98. The van der Waals surface area contributed by atoms with Crippen LogP contribution in [0.15, 0.2) is 42.7 Å². The summed E-state index contributed by atoms with van der Waals surface area (Å²) >= 11 is 0. The summed E-state index contributed by atoms with van der Waals surface area (Å²) in [5.41, 5.74) is 2.05. The summed E-state index contributed by atoms with van der Waals surface area (Å²) in [5.74, 6) is 0. The van der Waals surface area contributed by atoms with Crippen LogP contribution in [0.25, 0.3) is 0 Å². The Kier molecular flexibility index (Phi) is 4.74. The molecule has 23 heavy (non-hydrogen) atoms. The van der Waals surface area contributed by atoms with Gasteiger partial charge in [0, 0.05) is 12.6 Å². The predicted octanol–water partition coefficient (Wildman–Crippen LogP) is -0.554. The van der Waals surface area contributed by atoms with Gasteiger partial charge in [-0.25, -0.2) is 4.68 Å². The van der Waals surface area contributed by atoms with E-state index in [0.717, 1.165) is 11.1 Å². The highest BCUT2D eigenvalue weighted by atomic mass is 16.6. The van der Waals surface area contributed by atoms with E-state index >= 15 is 0 Å². The number of rotatable bonds is 4. The molecule has 4 N–H and O–H groups in total. The average Bonchev–Trinajstić information content (AvgIpc) is 3.02. The molecule has 0 bridgehead atoms. The normalized spacial score (nSPS) is 31.2. The van der Waals surface area contributed by atoms with Crippen molar-refractivity contribution in [1.82, 2.24) is 9.78 Å². The summed E-state index contributed by atoms with van der Waals surface area (Å²) in [6.07, 6.45) is -1.96. The molecule has 1 aromatic heterocycles. The number of benzene rings is 1. The molecular formula is C16H20N2O5. The quantitative estimate of drug-likeness (QED) is 0.602. The Bertz CT molecular complexity index is 630. The standard InChI is InChI=1S/C16H20N2O5/c19-9-12-13(20)14(21)15(22)16(23-12)18-8-11(7-17-18)6-10-4-2-1-3-5-10/h1-5,7-8,12-16,19-22H,6,9H2/t12-,13-,14+,15-,16-/m1/s1. The minimum absolute atomic E-state index is 0.459. The van der Waals surface area contributed by atoms with Gasteiger partial charge in [-0.15, -0.1) is 0 Å². The third-order valence-corrected chi connectivity index (χ3v) is 4.03. The van der Waals surface area contributed by atoms with E-state index in [4.69, 9.17) is 4.74 Å². The monoisotopic (exact) mass is 320 g/mol. The zero-order valence-electron chi connectivity index (χ0n) is 12.4. The molecule has 7 nitrogen and oxygen atoms in total. The van der Waals surface area contributed by atoms with Gasteiger partial charge in [-0.3, -0.25) is 0 Å². The summed E-state index contributed by atoms with van der Waals surface area (Å²) in [6, 6.07) is 9.87. The van der Waals surface area contributed by atoms with Gasteiger partial charge in [0.05, 0.1) is 12.8 Å². The minimum atomic E-state index is -1.41. The maximum absolute atomic E-state index is 10.1. The van der Waals surface area contributed by atoms with Crippen molar-refractivity contribution in [2.75, 3.05) is 6.61 Å². The van der Waals surface area contributed by atoms with Crippen molar-refractivity contribution >= 4 is 0 Å². The molecule has 5 atom stereocenters. The molecular weight excluding hydrogens is 300 g/mol. The van der Waals surface area contributed by atoms with Gasteiger partial charge in [-0.2, -0.15) is 5.10 Å². The van der Waals surface area contributed by atoms with Crippen molar-refractivity contribution < 1.29 is 25.2 Å². The molecule has 0 saturated carbocycles. The van der Waals surface area contributed by atoms with E-state index in [1.807, 2.05) is 30.3 Å². The highest BCUT2D eigenvalue weighted by Gasteiger charge is 2.44. The van der Waals surface area contributed by atoms with Crippen LogP contribution >= 0.6 is 0 Å². The molecule has 124 valence electrons. The van der Waals surface area contributed by atoms with Crippen LogP contribution in [0.2, 0.25) is 0 Å². The van der Waals surface area contributed by atoms with Gasteiger partial charge in [-0.1, -0.05) is 30.3 Å². The highest BCUT2D eigenvalue weighted by molar-refractivity contribution is 5.22. The second kappa shape index (κ2) is 6.77. The van der Waals surface area contributed by atoms with Crippen molar-refractivity contribution in [2.24, 2.45) is 0 Å². The molecule has 1 fully saturated rings. The van der Waals surface area contributed by atoms with Crippen molar-refractivity contribution in [3.63, 3.8) is 0 Å². The Morgan fingerprint density at radius 3 is 2.43 bits per heavy atom. The molecule has 7 heteroatoms. The third-order valence-electron chi connectivity index (χ3n) is 4.03. The molecule has 0 radical (unpaired) electrons. The van der Waals surface area contributed by atoms with Crippen LogP contribution in [0.3, 0.4) is 0 Å². The zero-order valence-corrected chi connectivity index (χ0v) is 12.4. The predicted molar refractivity (Wildman–Crippen MR) is 80.5 cm³/mol. The lowest BCUT2D eigenvalue weighted by Gasteiger charge is -2.39. The number of ether oxygens (including phenoxy) is 1. The summed E-state index contributed by atoms with van der Waals surface area (Å²) in [6.45, 7) is -0.459. The van der Waals surface area contributed by atoms with E-state index in [0.29, 0.717) is 6.42 Å². The summed E-state index contributed by atoms with van der Waals surface area (Å²) < 4.78 is 6.87. The summed E-state index contributed by atoms with van der Waals surface area (Å²) in [7, 11) is 0. The first-order chi connectivity index (χ1) is 11.1. The second-order valence-electron chi connectivity index (χ2n) is 5.71. The number of hydrogen-bond acceptors (Lipinski definition) is 6. The molecule has 2 heterocycles. The van der Waals surface area contributed by atoms with E-state index in [2.05, 4.69) is 5.10 Å². The van der Waals surface area contributed by atoms with Crippen molar-refractivity contribution in [3.05, 3.63) is 53.9 Å². The number of nitrogens with zero attached hydrogens (tertiary/aromatic N) is 2. The average molecular weight is 320 g/mol. The fourth-order valence-electron chi connectivity index (χ4n) is 2.74. The molecule has 3 rings (SSSR count). The number of hydrogen-bond donors (Lipinski definition) is 4. The van der Waals surface area contributed by atoms with Crippen LogP contribution in [0.1, 0.15) is 17.4 Å². The Morgan fingerprint density at radius 1 is 1.00 bits per heavy atom. The van der Waals surface area contributed by atoms with Gasteiger partial charge < -0.3 is 25.2 Å². The van der Waals surface area contributed by atoms with Crippen LogP contribution in [0.4, 0.5) is 0 Å². The maximum atomic E-state index is 10.1. The van der Waals surface area contributed by atoms with Crippen molar-refractivity contribution in [2.45, 2.75) is 37.1 Å². The molecule has 1 aliphatic heterocycles. The van der Waals surface area contributed by atoms with Crippen LogP contribution in [0, 0.1) is 0 Å². The van der Waals surface area contributed by atoms with Crippen LogP contribution in [0.5, 0.6) is 0 Å². The Balaban J connectivity index is 1.76. The number of aliphatic hydroxyl groups excluding tert-OH is 4. The van der Waals surface area contributed by atoms with E-state index in [9.17, 15) is 20.4 Å². The molecule has 1 aromatic carbocycles. The number of aliphatic hydroxyl groups is 4. The van der Waals surface area contributed by atoms with E-state index in [-0.39, 0.29) is 0 Å². The lowest BCUT2D eigenvalue weighted by Crippen LogP contribution is -2.56. The Hall–Kier alpha value is -1.77. The molecule has 1 saturated heterocycles. The highest BCUT2D eigenvalue weighted by Crippen LogP contribution is 2.28.